The van der Waals surface area contributed by atoms with E-state index in [4.69, 9.17) is 14.2 Å². The molecule has 1 heterocycles. The summed E-state index contributed by atoms with van der Waals surface area (Å²) in [5.74, 6) is 0.501. The van der Waals surface area contributed by atoms with Crippen molar-refractivity contribution in [2.24, 2.45) is 0 Å². The topological polar surface area (TPSA) is 73.9 Å². The van der Waals surface area contributed by atoms with Crippen molar-refractivity contribution in [3.8, 4) is 11.5 Å². The summed E-state index contributed by atoms with van der Waals surface area (Å²) < 4.78 is 16.4. The second-order valence-corrected chi connectivity index (χ2v) is 5.92. The summed E-state index contributed by atoms with van der Waals surface area (Å²) in [6.07, 6.45) is 1.07. The highest BCUT2D eigenvalue weighted by Gasteiger charge is 2.27. The van der Waals surface area contributed by atoms with Gasteiger partial charge in [-0.1, -0.05) is 25.5 Å². The van der Waals surface area contributed by atoms with Crippen LogP contribution in [0.25, 0.3) is 0 Å². The third-order valence-corrected chi connectivity index (χ3v) is 3.92. The summed E-state index contributed by atoms with van der Waals surface area (Å²) in [6.45, 7) is 2.59. The molecule has 2 aromatic rings. The van der Waals surface area contributed by atoms with Crippen LogP contribution >= 0.6 is 0 Å². The maximum atomic E-state index is 12.4. The number of amides is 1. The van der Waals surface area contributed by atoms with E-state index in [1.807, 2.05) is 19.1 Å². The predicted molar refractivity (Wildman–Crippen MR) is 96.6 cm³/mol. The zero-order valence-electron chi connectivity index (χ0n) is 14.6. The fourth-order valence-corrected chi connectivity index (χ4v) is 2.45. The van der Waals surface area contributed by atoms with E-state index in [0.29, 0.717) is 29.4 Å². The lowest BCUT2D eigenvalue weighted by atomic mass is 10.2. The maximum Gasteiger partial charge on any atom is 0.338 e. The molecule has 1 amide bonds. The fraction of sp³-hybridized carbons (Fsp3) is 0.300. The number of rotatable bonds is 6. The number of hydrogen-bond acceptors (Lipinski definition) is 5. The van der Waals surface area contributed by atoms with Crippen molar-refractivity contribution < 1.29 is 23.8 Å². The van der Waals surface area contributed by atoms with E-state index in [1.165, 1.54) is 0 Å². The first-order chi connectivity index (χ1) is 12.7. The van der Waals surface area contributed by atoms with Crippen LogP contribution in [0.15, 0.2) is 48.5 Å². The standard InChI is InChI=1S/C20H21NO5/c1-2-3-12-24-20(23)14-8-10-15(11-9-14)21-19(22)18-13-25-16-6-4-5-7-17(16)26-18/h4-11,18H,2-3,12-13H2,1H3,(H,21,22). The van der Waals surface area contributed by atoms with Crippen molar-refractivity contribution >= 4 is 17.6 Å². The Labute approximate surface area is 152 Å². The molecule has 0 aliphatic carbocycles. The van der Waals surface area contributed by atoms with Gasteiger partial charge in [0.25, 0.3) is 5.91 Å². The molecule has 0 saturated heterocycles. The van der Waals surface area contributed by atoms with E-state index in [9.17, 15) is 9.59 Å². The molecule has 1 N–H and O–H groups in total. The van der Waals surface area contributed by atoms with Gasteiger partial charge in [0.15, 0.2) is 11.5 Å². The number of carbonyl (C=O) groups is 2. The Bertz CT molecular complexity index is 772. The highest BCUT2D eigenvalue weighted by molar-refractivity contribution is 5.95. The molecule has 6 nitrogen and oxygen atoms in total. The average molecular weight is 355 g/mol. The summed E-state index contributed by atoms with van der Waals surface area (Å²) in [5.41, 5.74) is 1.02. The summed E-state index contributed by atoms with van der Waals surface area (Å²) in [5, 5.41) is 2.76. The Balaban J connectivity index is 1.56. The van der Waals surface area contributed by atoms with Crippen LogP contribution in [0.2, 0.25) is 0 Å². The number of unbranched alkanes of at least 4 members (excludes halogenated alkanes) is 1. The SMILES string of the molecule is CCCCOC(=O)c1ccc(NC(=O)C2COc3ccccc3O2)cc1. The van der Waals surface area contributed by atoms with E-state index in [2.05, 4.69) is 5.32 Å². The second kappa shape index (κ2) is 8.38. The number of hydrogen-bond donors (Lipinski definition) is 1. The molecule has 0 saturated carbocycles. The number of carbonyl (C=O) groups excluding carboxylic acids is 2. The first-order valence-electron chi connectivity index (χ1n) is 8.64. The summed E-state index contributed by atoms with van der Waals surface area (Å²) in [6, 6.07) is 13.8. The number of anilines is 1. The quantitative estimate of drug-likeness (QED) is 0.635. The fourth-order valence-electron chi connectivity index (χ4n) is 2.45. The van der Waals surface area contributed by atoms with Gasteiger partial charge in [0.05, 0.1) is 12.2 Å². The Morgan fingerprint density at radius 3 is 2.58 bits per heavy atom. The van der Waals surface area contributed by atoms with Gasteiger partial charge in [-0.2, -0.15) is 0 Å². The first-order valence-corrected chi connectivity index (χ1v) is 8.64. The van der Waals surface area contributed by atoms with Gasteiger partial charge in [0, 0.05) is 5.69 Å². The summed E-state index contributed by atoms with van der Waals surface area (Å²) in [7, 11) is 0. The molecule has 1 aliphatic heterocycles. The lowest BCUT2D eigenvalue weighted by Crippen LogP contribution is -2.40. The highest BCUT2D eigenvalue weighted by Crippen LogP contribution is 2.31. The van der Waals surface area contributed by atoms with Gasteiger partial charge < -0.3 is 19.5 Å². The van der Waals surface area contributed by atoms with Crippen molar-refractivity contribution in [2.45, 2.75) is 25.9 Å². The minimum absolute atomic E-state index is 0.144. The molecule has 26 heavy (non-hydrogen) atoms. The number of benzene rings is 2. The zero-order valence-corrected chi connectivity index (χ0v) is 14.6. The maximum absolute atomic E-state index is 12.4. The van der Waals surface area contributed by atoms with Crippen molar-refractivity contribution in [2.75, 3.05) is 18.5 Å². The van der Waals surface area contributed by atoms with Crippen molar-refractivity contribution in [1.29, 1.82) is 0 Å². The van der Waals surface area contributed by atoms with Gasteiger partial charge in [0.2, 0.25) is 6.10 Å². The molecular weight excluding hydrogens is 334 g/mol. The molecule has 0 radical (unpaired) electrons. The molecule has 1 aliphatic rings. The van der Waals surface area contributed by atoms with Gasteiger partial charge in [-0.05, 0) is 42.8 Å². The molecule has 1 unspecified atom stereocenters. The van der Waals surface area contributed by atoms with E-state index < -0.39 is 6.10 Å². The van der Waals surface area contributed by atoms with Gasteiger partial charge in [0.1, 0.15) is 6.61 Å². The van der Waals surface area contributed by atoms with Crippen LogP contribution in [0.5, 0.6) is 11.5 Å². The van der Waals surface area contributed by atoms with Crippen LogP contribution in [0.1, 0.15) is 30.1 Å². The average Bonchev–Trinajstić information content (AvgIpc) is 2.68. The lowest BCUT2D eigenvalue weighted by Gasteiger charge is -2.25. The molecular formula is C20H21NO5. The van der Waals surface area contributed by atoms with E-state index in [-0.39, 0.29) is 18.5 Å². The molecule has 0 aromatic heterocycles. The minimum atomic E-state index is -0.733. The van der Waals surface area contributed by atoms with Crippen LogP contribution in [-0.2, 0) is 9.53 Å². The number of nitrogens with one attached hydrogen (secondary N) is 1. The van der Waals surface area contributed by atoms with Crippen molar-refractivity contribution in [3.63, 3.8) is 0 Å². The van der Waals surface area contributed by atoms with E-state index >= 15 is 0 Å². The highest BCUT2D eigenvalue weighted by atomic mass is 16.6. The largest absolute Gasteiger partial charge is 0.485 e. The third kappa shape index (κ3) is 4.33. The second-order valence-electron chi connectivity index (χ2n) is 5.92. The number of fused-ring (bicyclic) bond motifs is 1. The van der Waals surface area contributed by atoms with Gasteiger partial charge >= 0.3 is 5.97 Å². The van der Waals surface area contributed by atoms with Crippen LogP contribution in [0, 0.1) is 0 Å². The van der Waals surface area contributed by atoms with E-state index in [1.54, 1.807) is 36.4 Å². The zero-order chi connectivity index (χ0) is 18.4. The van der Waals surface area contributed by atoms with Crippen LogP contribution < -0.4 is 14.8 Å². The Kier molecular flexibility index (Phi) is 5.73. The first kappa shape index (κ1) is 17.8. The Hall–Kier alpha value is -3.02. The Morgan fingerprint density at radius 1 is 1.12 bits per heavy atom. The molecule has 0 fully saturated rings. The predicted octanol–water partition coefficient (Wildman–Crippen LogP) is 3.42. The molecule has 6 heteroatoms. The van der Waals surface area contributed by atoms with Crippen molar-refractivity contribution in [3.05, 3.63) is 54.1 Å². The third-order valence-electron chi connectivity index (χ3n) is 3.92. The van der Waals surface area contributed by atoms with Crippen LogP contribution in [0.3, 0.4) is 0 Å². The lowest BCUT2D eigenvalue weighted by molar-refractivity contribution is -0.125. The smallest absolute Gasteiger partial charge is 0.338 e. The van der Waals surface area contributed by atoms with Gasteiger partial charge in [-0.15, -0.1) is 0 Å². The van der Waals surface area contributed by atoms with Crippen LogP contribution in [0.4, 0.5) is 5.69 Å². The van der Waals surface area contributed by atoms with Gasteiger partial charge in [-0.3, -0.25) is 4.79 Å². The minimum Gasteiger partial charge on any atom is -0.485 e. The summed E-state index contributed by atoms with van der Waals surface area (Å²) in [4.78, 5) is 24.2. The van der Waals surface area contributed by atoms with E-state index in [0.717, 1.165) is 12.8 Å². The molecule has 0 bridgehead atoms. The number of ether oxygens (including phenoxy) is 3. The molecule has 1 atom stereocenters. The van der Waals surface area contributed by atoms with Crippen molar-refractivity contribution in [1.82, 2.24) is 0 Å². The summed E-state index contributed by atoms with van der Waals surface area (Å²) >= 11 is 0. The monoisotopic (exact) mass is 355 g/mol. The van der Waals surface area contributed by atoms with Gasteiger partial charge in [-0.25, -0.2) is 4.79 Å². The molecule has 3 rings (SSSR count). The molecule has 136 valence electrons. The number of esters is 1. The molecule has 2 aromatic carbocycles. The van der Waals surface area contributed by atoms with Crippen LogP contribution in [-0.4, -0.2) is 31.2 Å². The molecule has 0 spiro atoms. The normalized spacial score (nSPS) is 15.2. The number of para-hydroxylation sites is 2. The Morgan fingerprint density at radius 2 is 1.85 bits per heavy atom.